The molecule has 6 aromatic rings. The Morgan fingerprint density at radius 3 is 0.967 bits per heavy atom. The van der Waals surface area contributed by atoms with E-state index in [0.717, 1.165) is 58.3 Å². The number of likely N-dealkylation sites (N-methyl/N-ethyl adjacent to an activating group) is 2. The zero-order valence-electron chi connectivity index (χ0n) is 36.9. The van der Waals surface area contributed by atoms with E-state index in [1.165, 1.54) is 55.6 Å². The smallest absolute Gasteiger partial charge is 0.277 e. The van der Waals surface area contributed by atoms with E-state index in [1.807, 2.05) is 0 Å². The highest BCUT2D eigenvalue weighted by Gasteiger charge is 2.67. The zero-order chi connectivity index (χ0) is 41.7. The molecule has 0 radical (unpaired) electrons. The van der Waals surface area contributed by atoms with Gasteiger partial charge in [-0.25, -0.2) is 0 Å². The van der Waals surface area contributed by atoms with Crippen LogP contribution in [0.1, 0.15) is 74.9 Å². The molecule has 1 aliphatic heterocycles. The van der Waals surface area contributed by atoms with Crippen molar-refractivity contribution in [2.45, 2.75) is 104 Å². The summed E-state index contributed by atoms with van der Waals surface area (Å²) in [5.41, 5.74) is 13.1. The highest BCUT2D eigenvalue weighted by Crippen LogP contribution is 2.53. The SMILES string of the molecule is Cc1ccc(C[N+](C)(Cc2ccc(C)cc2)[C@@H]2OC3(O[C@H]2[N+](C)(Cc2ccc(C)cc2)Cc2ccc(C)cc2)[C@H](Cc2ccccc2)CCC[C@H]3Cc2ccccc2)cc1. The van der Waals surface area contributed by atoms with Crippen molar-refractivity contribution in [1.29, 1.82) is 0 Å². The van der Waals surface area contributed by atoms with Crippen LogP contribution >= 0.6 is 0 Å². The molecule has 1 aliphatic carbocycles. The third-order valence-electron chi connectivity index (χ3n) is 13.6. The molecule has 1 spiro atoms. The Hall–Kier alpha value is -4.84. The van der Waals surface area contributed by atoms with Crippen LogP contribution in [0.5, 0.6) is 0 Å². The van der Waals surface area contributed by atoms with Gasteiger partial charge in [0, 0.05) is 34.1 Å². The molecule has 0 N–H and O–H groups in total. The third-order valence-corrected chi connectivity index (χ3v) is 13.6. The van der Waals surface area contributed by atoms with Crippen molar-refractivity contribution in [1.82, 2.24) is 0 Å². The molecular formula is C56H66N2O2+2. The number of aryl methyl sites for hydroxylation is 4. The maximum Gasteiger partial charge on any atom is 0.277 e. The van der Waals surface area contributed by atoms with Crippen LogP contribution in [0.15, 0.2) is 158 Å². The van der Waals surface area contributed by atoms with Gasteiger partial charge < -0.3 is 0 Å². The number of ether oxygens (including phenoxy) is 2. The first kappa shape index (κ1) is 41.9. The predicted octanol–water partition coefficient (Wildman–Crippen LogP) is 12.2. The molecule has 60 heavy (non-hydrogen) atoms. The number of hydrogen-bond acceptors (Lipinski definition) is 2. The standard InChI is InChI=1S/C56H66N2O2/c1-42-20-28-48(29-21-42)38-57(5,39-49-30-22-43(2)23-31-49)54-55(58(6,40-50-32-24-44(3)25-33-50)41-51-34-26-45(4)27-35-51)60-56(59-54)52(36-46-14-9-7-10-15-46)18-13-19-53(56)37-47-16-11-8-12-17-47/h7-12,14-17,20-35,52-55H,13,18-19,36-41H2,1-6H3/q+2/t52-,53-,54+,55+/m0/s1. The molecule has 0 aromatic heterocycles. The fourth-order valence-electron chi connectivity index (χ4n) is 10.3. The first-order valence-corrected chi connectivity index (χ1v) is 22.3. The quantitative estimate of drug-likeness (QED) is 0.102. The Kier molecular flexibility index (Phi) is 12.6. The molecule has 6 aromatic carbocycles. The molecular weight excluding hydrogens is 733 g/mol. The van der Waals surface area contributed by atoms with Gasteiger partial charge in [0.2, 0.25) is 0 Å². The van der Waals surface area contributed by atoms with Gasteiger partial charge in [0.15, 0.2) is 5.79 Å². The summed E-state index contributed by atoms with van der Waals surface area (Å²) >= 11 is 0. The van der Waals surface area contributed by atoms with Crippen LogP contribution in [0.4, 0.5) is 0 Å². The van der Waals surface area contributed by atoms with Crippen molar-refractivity contribution in [3.63, 3.8) is 0 Å². The molecule has 310 valence electrons. The van der Waals surface area contributed by atoms with E-state index < -0.39 is 5.79 Å². The largest absolute Gasteiger partial charge is 0.289 e. The Bertz CT molecular complexity index is 2010. The number of nitrogens with zero attached hydrogens (tertiary/aromatic N) is 2. The average molecular weight is 799 g/mol. The molecule has 0 amide bonds. The molecule has 4 nitrogen and oxygen atoms in total. The molecule has 1 saturated carbocycles. The Morgan fingerprint density at radius 1 is 0.400 bits per heavy atom. The van der Waals surface area contributed by atoms with Gasteiger partial charge in [0.05, 0.1) is 14.1 Å². The molecule has 4 heteroatoms. The monoisotopic (exact) mass is 799 g/mol. The Morgan fingerprint density at radius 2 is 0.683 bits per heavy atom. The minimum absolute atomic E-state index is 0.189. The molecule has 2 fully saturated rings. The summed E-state index contributed by atoms with van der Waals surface area (Å²) in [5, 5.41) is 0. The predicted molar refractivity (Wildman–Crippen MR) is 246 cm³/mol. The maximum absolute atomic E-state index is 8.22. The molecule has 2 aliphatic rings. The molecule has 8 rings (SSSR count). The fraction of sp³-hybridized carbons (Fsp3) is 0.357. The van der Waals surface area contributed by atoms with E-state index >= 15 is 0 Å². The van der Waals surface area contributed by atoms with E-state index in [4.69, 9.17) is 9.47 Å². The number of quaternary nitrogens is 2. The summed E-state index contributed by atoms with van der Waals surface area (Å²) in [6.07, 6.45) is 4.59. The van der Waals surface area contributed by atoms with Crippen LogP contribution in [0.25, 0.3) is 0 Å². The highest BCUT2D eigenvalue weighted by atomic mass is 16.8. The van der Waals surface area contributed by atoms with E-state index in [9.17, 15) is 0 Å². The first-order valence-electron chi connectivity index (χ1n) is 22.3. The van der Waals surface area contributed by atoms with Gasteiger partial charge in [0.25, 0.3) is 12.5 Å². The van der Waals surface area contributed by atoms with Crippen molar-refractivity contribution < 1.29 is 18.4 Å². The van der Waals surface area contributed by atoms with Gasteiger partial charge in [-0.2, -0.15) is 0 Å². The molecule has 1 saturated heterocycles. The van der Waals surface area contributed by atoms with Gasteiger partial charge in [0.1, 0.15) is 26.2 Å². The van der Waals surface area contributed by atoms with Crippen LogP contribution in [-0.2, 0) is 48.5 Å². The maximum atomic E-state index is 8.22. The second-order valence-corrected chi connectivity index (χ2v) is 19.0. The number of hydrogen-bond donors (Lipinski definition) is 0. The first-order chi connectivity index (χ1) is 29.0. The molecule has 0 unspecified atom stereocenters. The Labute approximate surface area is 360 Å². The van der Waals surface area contributed by atoms with Crippen molar-refractivity contribution >= 4 is 0 Å². The average Bonchev–Trinajstić information content (AvgIpc) is 3.67. The second-order valence-electron chi connectivity index (χ2n) is 19.0. The number of rotatable bonds is 14. The highest BCUT2D eigenvalue weighted by molar-refractivity contribution is 5.25. The normalized spacial score (nSPS) is 20.4. The zero-order valence-corrected chi connectivity index (χ0v) is 36.9. The van der Waals surface area contributed by atoms with Gasteiger partial charge in [-0.3, -0.25) is 18.4 Å². The second kappa shape index (κ2) is 18.0. The lowest BCUT2D eigenvalue weighted by Gasteiger charge is -2.46. The lowest BCUT2D eigenvalue weighted by Crippen LogP contribution is -2.64. The van der Waals surface area contributed by atoms with E-state index in [0.29, 0.717) is 8.97 Å². The summed E-state index contributed by atoms with van der Waals surface area (Å²) in [4.78, 5) is 0. The third kappa shape index (κ3) is 9.54. The fourth-order valence-corrected chi connectivity index (χ4v) is 10.3. The van der Waals surface area contributed by atoms with Crippen LogP contribution < -0.4 is 0 Å². The van der Waals surface area contributed by atoms with Gasteiger partial charge in [-0.1, -0.05) is 186 Å². The Balaban J connectivity index is 1.32. The van der Waals surface area contributed by atoms with Crippen LogP contribution in [0, 0.1) is 39.5 Å². The molecule has 4 atom stereocenters. The lowest BCUT2D eigenvalue weighted by atomic mass is 9.71. The van der Waals surface area contributed by atoms with Crippen molar-refractivity contribution in [3.8, 4) is 0 Å². The van der Waals surface area contributed by atoms with Crippen molar-refractivity contribution in [3.05, 3.63) is 213 Å². The van der Waals surface area contributed by atoms with Gasteiger partial charge >= 0.3 is 0 Å². The summed E-state index contributed by atoms with van der Waals surface area (Å²) in [6, 6.07) is 58.9. The molecule has 0 bridgehead atoms. The topological polar surface area (TPSA) is 18.5 Å². The minimum Gasteiger partial charge on any atom is -0.289 e. The van der Waals surface area contributed by atoms with E-state index in [-0.39, 0.29) is 24.3 Å². The van der Waals surface area contributed by atoms with E-state index in [2.05, 4.69) is 200 Å². The summed E-state index contributed by atoms with van der Waals surface area (Å²) < 4.78 is 17.8. The van der Waals surface area contributed by atoms with Crippen LogP contribution in [0.2, 0.25) is 0 Å². The summed E-state index contributed by atoms with van der Waals surface area (Å²) in [5.74, 6) is -0.414. The van der Waals surface area contributed by atoms with E-state index in [1.54, 1.807) is 0 Å². The van der Waals surface area contributed by atoms with Crippen LogP contribution in [-0.4, -0.2) is 41.3 Å². The lowest BCUT2D eigenvalue weighted by molar-refractivity contribution is -1.04. The minimum atomic E-state index is -0.792. The van der Waals surface area contributed by atoms with Crippen molar-refractivity contribution in [2.75, 3.05) is 14.1 Å². The van der Waals surface area contributed by atoms with Gasteiger partial charge in [-0.15, -0.1) is 0 Å². The van der Waals surface area contributed by atoms with Crippen molar-refractivity contribution in [2.24, 2.45) is 11.8 Å². The summed E-state index contributed by atoms with van der Waals surface area (Å²) in [7, 11) is 4.90. The molecule has 1 heterocycles. The van der Waals surface area contributed by atoms with Crippen LogP contribution in [0.3, 0.4) is 0 Å². The summed E-state index contributed by atoms with van der Waals surface area (Å²) in [6.45, 7) is 12.0. The number of benzene rings is 6. The van der Waals surface area contributed by atoms with Gasteiger partial charge in [-0.05, 0) is 64.5 Å².